The molecule has 0 radical (unpaired) electrons. The molecule has 0 amide bonds. The zero-order valence-electron chi connectivity index (χ0n) is 14.6. The molecule has 25 heavy (non-hydrogen) atoms. The standard InChI is InChI=1S/C19H21NO5/c1-4-8-16-14(18(21)23-2)11-15(19(22)24-3)17(20-16)25-12-13-9-6-5-7-10-13/h5-7,9-11H,4,8,12H2,1-3H3. The summed E-state index contributed by atoms with van der Waals surface area (Å²) in [6.07, 6.45) is 1.35. The van der Waals surface area contributed by atoms with Crippen LogP contribution >= 0.6 is 0 Å². The number of aromatic nitrogens is 1. The molecule has 2 aromatic rings. The number of esters is 2. The van der Waals surface area contributed by atoms with Crippen molar-refractivity contribution in [2.45, 2.75) is 26.4 Å². The molecule has 0 aliphatic carbocycles. The summed E-state index contributed by atoms with van der Waals surface area (Å²) < 4.78 is 15.3. The van der Waals surface area contributed by atoms with Crippen LogP contribution < -0.4 is 4.74 Å². The first kappa shape index (κ1) is 18.4. The third-order valence-corrected chi connectivity index (χ3v) is 3.58. The predicted molar refractivity (Wildman–Crippen MR) is 91.7 cm³/mol. The Morgan fingerprint density at radius 2 is 1.64 bits per heavy atom. The van der Waals surface area contributed by atoms with Crippen molar-refractivity contribution < 1.29 is 23.8 Å². The van der Waals surface area contributed by atoms with Crippen LogP contribution in [0.15, 0.2) is 36.4 Å². The molecule has 0 aliphatic heterocycles. The summed E-state index contributed by atoms with van der Waals surface area (Å²) in [7, 11) is 2.55. The number of carbonyl (C=O) groups is 2. The molecule has 0 saturated carbocycles. The number of nitrogens with zero attached hydrogens (tertiary/aromatic N) is 1. The molecule has 0 N–H and O–H groups in total. The highest BCUT2D eigenvalue weighted by Gasteiger charge is 2.22. The van der Waals surface area contributed by atoms with Gasteiger partial charge >= 0.3 is 11.9 Å². The molecule has 0 bridgehead atoms. The van der Waals surface area contributed by atoms with Gasteiger partial charge in [-0.3, -0.25) is 0 Å². The smallest absolute Gasteiger partial charge is 0.343 e. The van der Waals surface area contributed by atoms with E-state index in [0.717, 1.165) is 12.0 Å². The minimum atomic E-state index is -0.622. The summed E-state index contributed by atoms with van der Waals surface area (Å²) in [6.45, 7) is 2.22. The van der Waals surface area contributed by atoms with Gasteiger partial charge in [0.1, 0.15) is 12.2 Å². The number of benzene rings is 1. The van der Waals surface area contributed by atoms with Crippen molar-refractivity contribution in [2.75, 3.05) is 14.2 Å². The van der Waals surface area contributed by atoms with Crippen molar-refractivity contribution in [3.63, 3.8) is 0 Å². The maximum absolute atomic E-state index is 12.1. The van der Waals surface area contributed by atoms with E-state index in [-0.39, 0.29) is 23.6 Å². The highest BCUT2D eigenvalue weighted by molar-refractivity contribution is 5.97. The molecule has 0 unspecified atom stereocenters. The van der Waals surface area contributed by atoms with Crippen molar-refractivity contribution in [1.82, 2.24) is 4.98 Å². The number of rotatable bonds is 7. The summed E-state index contributed by atoms with van der Waals surface area (Å²) in [5.74, 6) is -1.02. The summed E-state index contributed by atoms with van der Waals surface area (Å²) in [4.78, 5) is 28.5. The number of pyridine rings is 1. The van der Waals surface area contributed by atoms with Gasteiger partial charge in [-0.15, -0.1) is 0 Å². The summed E-state index contributed by atoms with van der Waals surface area (Å²) in [5, 5.41) is 0. The lowest BCUT2D eigenvalue weighted by molar-refractivity contribution is 0.0592. The third-order valence-electron chi connectivity index (χ3n) is 3.58. The predicted octanol–water partition coefficient (Wildman–Crippen LogP) is 3.19. The molecule has 0 atom stereocenters. The van der Waals surface area contributed by atoms with Gasteiger partial charge in [0.25, 0.3) is 0 Å². The lowest BCUT2D eigenvalue weighted by Gasteiger charge is -2.14. The minimum absolute atomic E-state index is 0.0960. The SMILES string of the molecule is CCCc1nc(OCc2ccccc2)c(C(=O)OC)cc1C(=O)OC. The van der Waals surface area contributed by atoms with Crippen LogP contribution in [-0.4, -0.2) is 31.1 Å². The number of ether oxygens (including phenoxy) is 3. The number of hydrogen-bond donors (Lipinski definition) is 0. The van der Waals surface area contributed by atoms with Crippen LogP contribution in [-0.2, 0) is 22.5 Å². The quantitative estimate of drug-likeness (QED) is 0.719. The fraction of sp³-hybridized carbons (Fsp3) is 0.316. The molecule has 0 fully saturated rings. The molecule has 0 aliphatic rings. The first-order chi connectivity index (χ1) is 12.1. The highest BCUT2D eigenvalue weighted by atomic mass is 16.5. The Balaban J connectivity index is 2.42. The maximum atomic E-state index is 12.1. The van der Waals surface area contributed by atoms with Crippen LogP contribution in [0.3, 0.4) is 0 Å². The Morgan fingerprint density at radius 1 is 1.00 bits per heavy atom. The molecule has 6 nitrogen and oxygen atoms in total. The van der Waals surface area contributed by atoms with Crippen molar-refractivity contribution in [2.24, 2.45) is 0 Å². The average molecular weight is 343 g/mol. The van der Waals surface area contributed by atoms with Gasteiger partial charge in [-0.2, -0.15) is 0 Å². The van der Waals surface area contributed by atoms with Crippen molar-refractivity contribution in [3.8, 4) is 5.88 Å². The first-order valence-corrected chi connectivity index (χ1v) is 7.98. The number of aryl methyl sites for hydroxylation is 1. The van der Waals surface area contributed by atoms with Crippen LogP contribution in [0.5, 0.6) is 5.88 Å². The molecule has 1 aromatic carbocycles. The molecule has 132 valence electrons. The Morgan fingerprint density at radius 3 is 2.24 bits per heavy atom. The Kier molecular flexibility index (Phi) is 6.51. The van der Waals surface area contributed by atoms with Crippen molar-refractivity contribution in [1.29, 1.82) is 0 Å². The van der Waals surface area contributed by atoms with E-state index in [4.69, 9.17) is 14.2 Å². The van der Waals surface area contributed by atoms with Gasteiger partial charge in [0, 0.05) is 0 Å². The maximum Gasteiger partial charge on any atom is 0.343 e. The molecule has 6 heteroatoms. The summed E-state index contributed by atoms with van der Waals surface area (Å²) >= 11 is 0. The summed E-state index contributed by atoms with van der Waals surface area (Å²) in [6, 6.07) is 11.0. The van der Waals surface area contributed by atoms with Crippen molar-refractivity contribution in [3.05, 3.63) is 58.8 Å². The molecule has 1 aromatic heterocycles. The number of carbonyl (C=O) groups excluding carboxylic acids is 2. The van der Waals surface area contributed by atoms with E-state index in [0.29, 0.717) is 12.1 Å². The number of methoxy groups -OCH3 is 2. The van der Waals surface area contributed by atoms with E-state index in [1.54, 1.807) is 0 Å². The average Bonchev–Trinajstić information content (AvgIpc) is 2.66. The fourth-order valence-electron chi connectivity index (χ4n) is 2.34. The van der Waals surface area contributed by atoms with Crippen LogP contribution in [0.25, 0.3) is 0 Å². The van der Waals surface area contributed by atoms with Gasteiger partial charge in [-0.1, -0.05) is 43.7 Å². The topological polar surface area (TPSA) is 74.7 Å². The number of hydrogen-bond acceptors (Lipinski definition) is 6. The van der Waals surface area contributed by atoms with Crippen molar-refractivity contribution >= 4 is 11.9 Å². The van der Waals surface area contributed by atoms with Gasteiger partial charge in [-0.05, 0) is 18.1 Å². The van der Waals surface area contributed by atoms with Gasteiger partial charge in [0.2, 0.25) is 5.88 Å². The second-order valence-electron chi connectivity index (χ2n) is 5.34. The van der Waals surface area contributed by atoms with Gasteiger partial charge in [0.15, 0.2) is 0 Å². The zero-order chi connectivity index (χ0) is 18.2. The molecule has 0 spiro atoms. The first-order valence-electron chi connectivity index (χ1n) is 7.98. The van der Waals surface area contributed by atoms with E-state index < -0.39 is 11.9 Å². The van der Waals surface area contributed by atoms with Gasteiger partial charge in [-0.25, -0.2) is 14.6 Å². The third kappa shape index (κ3) is 4.56. The van der Waals surface area contributed by atoms with Crippen LogP contribution in [0.4, 0.5) is 0 Å². The lowest BCUT2D eigenvalue weighted by atomic mass is 10.1. The highest BCUT2D eigenvalue weighted by Crippen LogP contribution is 2.24. The van der Waals surface area contributed by atoms with Gasteiger partial charge < -0.3 is 14.2 Å². The molecule has 1 heterocycles. The Hall–Kier alpha value is -2.89. The molecule has 2 rings (SSSR count). The van der Waals surface area contributed by atoms with Gasteiger partial charge in [0.05, 0.1) is 25.5 Å². The zero-order valence-corrected chi connectivity index (χ0v) is 14.6. The Bertz CT molecular complexity index is 743. The molecule has 0 saturated heterocycles. The monoisotopic (exact) mass is 343 g/mol. The van der Waals surface area contributed by atoms with Crippen LogP contribution in [0.2, 0.25) is 0 Å². The second kappa shape index (κ2) is 8.82. The van der Waals surface area contributed by atoms with E-state index in [1.807, 2.05) is 37.3 Å². The van der Waals surface area contributed by atoms with E-state index in [2.05, 4.69) is 4.98 Å². The Labute approximate surface area is 146 Å². The lowest BCUT2D eigenvalue weighted by Crippen LogP contribution is -2.14. The van der Waals surface area contributed by atoms with E-state index >= 15 is 0 Å². The largest absolute Gasteiger partial charge is 0.472 e. The molecular formula is C19H21NO5. The second-order valence-corrected chi connectivity index (χ2v) is 5.34. The van der Waals surface area contributed by atoms with Crippen LogP contribution in [0.1, 0.15) is 45.3 Å². The van der Waals surface area contributed by atoms with E-state index in [1.165, 1.54) is 20.3 Å². The fourth-order valence-corrected chi connectivity index (χ4v) is 2.34. The minimum Gasteiger partial charge on any atom is -0.472 e. The summed E-state index contributed by atoms with van der Waals surface area (Å²) in [5.41, 5.74) is 1.81. The van der Waals surface area contributed by atoms with E-state index in [9.17, 15) is 9.59 Å². The van der Waals surface area contributed by atoms with Crippen LogP contribution in [0, 0.1) is 0 Å². The molecular weight excluding hydrogens is 322 g/mol. The normalized spacial score (nSPS) is 10.2.